The van der Waals surface area contributed by atoms with Gasteiger partial charge in [-0.05, 0) is 25.7 Å². The van der Waals surface area contributed by atoms with Crippen LogP contribution in [0.2, 0.25) is 0 Å². The van der Waals surface area contributed by atoms with Crippen LogP contribution in [0, 0.1) is 16.7 Å². The number of hydrogen-bond donors (Lipinski definition) is 3. The van der Waals surface area contributed by atoms with Crippen LogP contribution < -0.4 is 0 Å². The summed E-state index contributed by atoms with van der Waals surface area (Å²) in [5, 5.41) is 33.1. The number of cyclic esters (lactones) is 1. The summed E-state index contributed by atoms with van der Waals surface area (Å²) >= 11 is 0. The third-order valence-corrected chi connectivity index (χ3v) is 6.95. The molecule has 4 aliphatic rings. The number of rotatable bonds is 0. The Kier molecular flexibility index (Phi) is 2.40. The fourth-order valence-corrected chi connectivity index (χ4v) is 5.58. The second kappa shape index (κ2) is 3.66. The molecule has 0 aromatic heterocycles. The van der Waals surface area contributed by atoms with Gasteiger partial charge in [0.15, 0.2) is 5.41 Å². The largest absolute Gasteiger partial charge is 0.464 e. The molecule has 2 aliphatic heterocycles. The second-order valence-corrected chi connectivity index (χ2v) is 7.56. The lowest BCUT2D eigenvalue weighted by Gasteiger charge is -2.68. The number of carbonyl (C=O) groups excluding carboxylic acids is 2. The maximum atomic E-state index is 12.3. The van der Waals surface area contributed by atoms with Gasteiger partial charge >= 0.3 is 11.9 Å². The lowest BCUT2D eigenvalue weighted by atomic mass is 9.42. The van der Waals surface area contributed by atoms with E-state index < -0.39 is 46.2 Å². The number of carbonyl (C=O) groups is 2. The monoisotopic (exact) mass is 312 g/mol. The van der Waals surface area contributed by atoms with Gasteiger partial charge in [0.2, 0.25) is 0 Å². The van der Waals surface area contributed by atoms with Gasteiger partial charge in [0.25, 0.3) is 0 Å². The van der Waals surface area contributed by atoms with Gasteiger partial charge in [0, 0.05) is 5.41 Å². The molecule has 2 heterocycles. The third-order valence-electron chi connectivity index (χ3n) is 6.95. The van der Waals surface area contributed by atoms with Gasteiger partial charge in [-0.1, -0.05) is 6.92 Å². The summed E-state index contributed by atoms with van der Waals surface area (Å²) in [6.45, 7) is 3.05. The fraction of sp³-hybridized carbons (Fsp3) is 0.867. The van der Waals surface area contributed by atoms with Gasteiger partial charge in [-0.15, -0.1) is 0 Å². The molecule has 0 radical (unpaired) electrons. The first-order valence-corrected chi connectivity index (χ1v) is 7.63. The number of ether oxygens (including phenoxy) is 2. The molecule has 2 aliphatic carbocycles. The van der Waals surface area contributed by atoms with Gasteiger partial charge in [-0.2, -0.15) is 0 Å². The van der Waals surface area contributed by atoms with E-state index in [1.807, 2.05) is 6.92 Å². The molecule has 1 unspecified atom stereocenters. The first kappa shape index (κ1) is 14.4. The molecule has 22 heavy (non-hydrogen) atoms. The minimum atomic E-state index is -1.89. The van der Waals surface area contributed by atoms with Crippen molar-refractivity contribution in [3.05, 3.63) is 0 Å². The predicted octanol–water partition coefficient (Wildman–Crippen LogP) is -0.882. The highest BCUT2D eigenvalue weighted by atomic mass is 16.6. The smallest absolute Gasteiger partial charge is 0.321 e. The number of aliphatic hydroxyl groups is 3. The van der Waals surface area contributed by atoms with Crippen LogP contribution in [-0.2, 0) is 19.1 Å². The average molecular weight is 312 g/mol. The topological polar surface area (TPSA) is 113 Å². The summed E-state index contributed by atoms with van der Waals surface area (Å²) in [6.07, 6.45) is -1.66. The summed E-state index contributed by atoms with van der Waals surface area (Å²) in [4.78, 5) is 24.4. The molecule has 7 atom stereocenters. The van der Waals surface area contributed by atoms with E-state index in [-0.39, 0.29) is 31.8 Å². The molecule has 2 saturated carbocycles. The third kappa shape index (κ3) is 1.10. The van der Waals surface area contributed by atoms with Crippen LogP contribution in [0.4, 0.5) is 0 Å². The van der Waals surface area contributed by atoms with Crippen molar-refractivity contribution in [2.75, 3.05) is 6.61 Å². The zero-order chi connectivity index (χ0) is 16.1. The Labute approximate surface area is 127 Å². The van der Waals surface area contributed by atoms with E-state index in [2.05, 4.69) is 0 Å². The van der Waals surface area contributed by atoms with Gasteiger partial charge in [0.1, 0.15) is 23.9 Å². The molecule has 4 fully saturated rings. The molecule has 0 aromatic rings. The summed E-state index contributed by atoms with van der Waals surface area (Å²) in [5.41, 5.74) is -6.32. The first-order chi connectivity index (χ1) is 10.1. The Morgan fingerprint density at radius 1 is 1.27 bits per heavy atom. The molecule has 2 bridgehead atoms. The SMILES string of the molecule is C[C@@H]1C[C@@H](O)[C@@]2(O)[C@]13CC(=O)OC(C3)[C@](C)(O)[C@@]21COC1=O. The lowest BCUT2D eigenvalue weighted by molar-refractivity contribution is -0.358. The van der Waals surface area contributed by atoms with Crippen LogP contribution in [-0.4, -0.2) is 57.3 Å². The molecule has 0 amide bonds. The Balaban J connectivity index is 2.01. The van der Waals surface area contributed by atoms with Gasteiger partial charge < -0.3 is 24.8 Å². The zero-order valence-electron chi connectivity index (χ0n) is 12.5. The maximum absolute atomic E-state index is 12.3. The van der Waals surface area contributed by atoms with E-state index in [1.54, 1.807) is 0 Å². The van der Waals surface area contributed by atoms with Crippen molar-refractivity contribution in [1.82, 2.24) is 0 Å². The van der Waals surface area contributed by atoms with Crippen LogP contribution in [0.1, 0.15) is 33.1 Å². The Morgan fingerprint density at radius 2 is 1.95 bits per heavy atom. The predicted molar refractivity (Wildman–Crippen MR) is 70.3 cm³/mol. The van der Waals surface area contributed by atoms with Crippen LogP contribution in [0.5, 0.6) is 0 Å². The Bertz CT molecular complexity index is 586. The number of fused-ring (bicyclic) bond motifs is 2. The second-order valence-electron chi connectivity index (χ2n) is 7.56. The number of hydrogen-bond acceptors (Lipinski definition) is 7. The standard InChI is InChI=1S/C15H20O7/c1-7-3-8(16)15(20)13(7)4-9(22-10(17)5-13)12(2,19)14(15)6-21-11(14)18/h7-9,16,19-20H,3-6H2,1-2H3/t7-,8-,9?,12+,13-,14+,15-/m1/s1. The lowest BCUT2D eigenvalue weighted by Crippen LogP contribution is -2.85. The summed E-state index contributed by atoms with van der Waals surface area (Å²) in [5.74, 6) is -1.43. The van der Waals surface area contributed by atoms with Crippen molar-refractivity contribution >= 4 is 11.9 Å². The number of aliphatic hydroxyl groups excluding tert-OH is 1. The van der Waals surface area contributed by atoms with Gasteiger partial charge in [0.05, 0.1) is 12.5 Å². The quantitative estimate of drug-likeness (QED) is 0.498. The van der Waals surface area contributed by atoms with Crippen LogP contribution >= 0.6 is 0 Å². The van der Waals surface area contributed by atoms with Crippen molar-refractivity contribution in [2.45, 2.75) is 56.5 Å². The van der Waals surface area contributed by atoms with Crippen molar-refractivity contribution in [2.24, 2.45) is 16.7 Å². The van der Waals surface area contributed by atoms with E-state index in [1.165, 1.54) is 6.92 Å². The zero-order valence-corrected chi connectivity index (χ0v) is 12.5. The summed E-state index contributed by atoms with van der Waals surface area (Å²) < 4.78 is 10.2. The van der Waals surface area contributed by atoms with E-state index in [4.69, 9.17) is 9.47 Å². The molecule has 2 saturated heterocycles. The van der Waals surface area contributed by atoms with Gasteiger partial charge in [-0.3, -0.25) is 9.59 Å². The molecule has 4 rings (SSSR count). The molecule has 0 aromatic carbocycles. The summed E-state index contributed by atoms with van der Waals surface area (Å²) in [7, 11) is 0. The maximum Gasteiger partial charge on any atom is 0.321 e. The highest BCUT2D eigenvalue weighted by molar-refractivity contribution is 5.87. The van der Waals surface area contributed by atoms with E-state index in [9.17, 15) is 24.9 Å². The molecule has 2 spiro atoms. The van der Waals surface area contributed by atoms with Crippen LogP contribution in [0.15, 0.2) is 0 Å². The van der Waals surface area contributed by atoms with E-state index in [0.717, 1.165) is 0 Å². The normalized spacial score (nSPS) is 59.6. The molecule has 7 nitrogen and oxygen atoms in total. The number of esters is 2. The van der Waals surface area contributed by atoms with Gasteiger partial charge in [-0.25, -0.2) is 0 Å². The highest BCUT2D eigenvalue weighted by Gasteiger charge is 2.87. The molecule has 122 valence electrons. The van der Waals surface area contributed by atoms with Crippen molar-refractivity contribution in [3.63, 3.8) is 0 Å². The fourth-order valence-electron chi connectivity index (χ4n) is 5.58. The molecular weight excluding hydrogens is 292 g/mol. The highest BCUT2D eigenvalue weighted by Crippen LogP contribution is 2.72. The molecule has 3 N–H and O–H groups in total. The van der Waals surface area contributed by atoms with Crippen molar-refractivity contribution in [3.8, 4) is 0 Å². The Morgan fingerprint density at radius 3 is 2.50 bits per heavy atom. The van der Waals surface area contributed by atoms with Crippen molar-refractivity contribution in [1.29, 1.82) is 0 Å². The molecule has 7 heteroatoms. The average Bonchev–Trinajstić information content (AvgIpc) is 2.58. The van der Waals surface area contributed by atoms with Crippen LogP contribution in [0.3, 0.4) is 0 Å². The minimum Gasteiger partial charge on any atom is -0.464 e. The van der Waals surface area contributed by atoms with E-state index in [0.29, 0.717) is 0 Å². The molecular formula is C15H20O7. The van der Waals surface area contributed by atoms with Crippen LogP contribution in [0.25, 0.3) is 0 Å². The summed E-state index contributed by atoms with van der Waals surface area (Å²) in [6, 6.07) is 0. The van der Waals surface area contributed by atoms with E-state index >= 15 is 0 Å². The minimum absolute atomic E-state index is 0.0661. The first-order valence-electron chi connectivity index (χ1n) is 7.63. The Hall–Kier alpha value is -1.18. The van der Waals surface area contributed by atoms with Crippen molar-refractivity contribution < 1.29 is 34.4 Å².